The fraction of sp³-hybridized carbons (Fsp3) is 0.179. The molecule has 0 saturated heterocycles. The molecule has 0 saturated carbocycles. The molecule has 7 heteroatoms. The number of carbonyl (C=O) groups excluding carboxylic acids is 3. The van der Waals surface area contributed by atoms with Crippen molar-refractivity contribution < 1.29 is 14.4 Å². The van der Waals surface area contributed by atoms with Crippen LogP contribution < -0.4 is 10.6 Å². The highest BCUT2D eigenvalue weighted by molar-refractivity contribution is 6.48. The summed E-state index contributed by atoms with van der Waals surface area (Å²) in [6.07, 6.45) is 0. The van der Waals surface area contributed by atoms with Gasteiger partial charge in [0.2, 0.25) is 0 Å². The highest BCUT2D eigenvalue weighted by Gasteiger charge is 2.38. The van der Waals surface area contributed by atoms with Gasteiger partial charge in [-0.05, 0) is 47.7 Å². The van der Waals surface area contributed by atoms with E-state index in [1.807, 2.05) is 61.5 Å². The summed E-state index contributed by atoms with van der Waals surface area (Å²) < 4.78 is 0. The molecule has 35 heavy (non-hydrogen) atoms. The molecule has 2 N–H and O–H groups in total. The van der Waals surface area contributed by atoms with Crippen LogP contribution in [0.2, 0.25) is 0 Å². The molecule has 0 fully saturated rings. The summed E-state index contributed by atoms with van der Waals surface area (Å²) in [5.41, 5.74) is 4.33. The molecule has 1 heterocycles. The first-order chi connectivity index (χ1) is 16.8. The molecule has 0 aromatic heterocycles. The van der Waals surface area contributed by atoms with E-state index in [1.165, 1.54) is 0 Å². The van der Waals surface area contributed by atoms with Gasteiger partial charge in [0.25, 0.3) is 17.7 Å². The minimum atomic E-state index is -0.556. The van der Waals surface area contributed by atoms with Crippen molar-refractivity contribution in [1.29, 1.82) is 0 Å². The third-order valence-corrected chi connectivity index (χ3v) is 6.24. The van der Waals surface area contributed by atoms with E-state index in [0.29, 0.717) is 11.3 Å². The van der Waals surface area contributed by atoms with Crippen molar-refractivity contribution in [2.45, 2.75) is 33.2 Å². The van der Waals surface area contributed by atoms with Gasteiger partial charge in [-0.25, -0.2) is 0 Å². The molecule has 3 aromatic rings. The van der Waals surface area contributed by atoms with Crippen LogP contribution >= 0.6 is 11.6 Å². The predicted molar refractivity (Wildman–Crippen MR) is 138 cm³/mol. The summed E-state index contributed by atoms with van der Waals surface area (Å²) in [6.45, 7) is 6.10. The maximum Gasteiger partial charge on any atom is 0.279 e. The van der Waals surface area contributed by atoms with E-state index >= 15 is 0 Å². The molecular formula is C28H26ClN3O3. The van der Waals surface area contributed by atoms with E-state index < -0.39 is 11.8 Å². The van der Waals surface area contributed by atoms with Crippen LogP contribution in [0.4, 0.5) is 11.4 Å². The van der Waals surface area contributed by atoms with Crippen molar-refractivity contribution in [1.82, 2.24) is 4.90 Å². The van der Waals surface area contributed by atoms with Gasteiger partial charge in [0.15, 0.2) is 0 Å². The van der Waals surface area contributed by atoms with E-state index in [4.69, 9.17) is 11.6 Å². The molecule has 0 bridgehead atoms. The number of amides is 3. The lowest BCUT2D eigenvalue weighted by Gasteiger charge is -2.16. The largest absolute Gasteiger partial charge is 0.349 e. The van der Waals surface area contributed by atoms with E-state index in [-0.39, 0.29) is 29.1 Å². The van der Waals surface area contributed by atoms with Crippen LogP contribution in [0.1, 0.15) is 46.8 Å². The number of benzene rings is 3. The Morgan fingerprint density at radius 1 is 0.914 bits per heavy atom. The summed E-state index contributed by atoms with van der Waals surface area (Å²) in [7, 11) is 0. The second-order valence-electron chi connectivity index (χ2n) is 8.72. The molecule has 0 aliphatic carbocycles. The summed E-state index contributed by atoms with van der Waals surface area (Å²) >= 11 is 6.27. The number of halogens is 1. The Hall–Kier alpha value is -3.90. The van der Waals surface area contributed by atoms with Gasteiger partial charge in [-0.3, -0.25) is 19.3 Å². The first-order valence-corrected chi connectivity index (χ1v) is 11.7. The molecule has 0 spiro atoms. The van der Waals surface area contributed by atoms with Crippen LogP contribution in [-0.2, 0) is 16.1 Å². The highest BCUT2D eigenvalue weighted by Crippen LogP contribution is 2.29. The van der Waals surface area contributed by atoms with Crippen LogP contribution in [0.5, 0.6) is 0 Å². The number of aryl methyl sites for hydroxylation is 1. The molecule has 0 unspecified atom stereocenters. The van der Waals surface area contributed by atoms with Crippen molar-refractivity contribution in [2.75, 3.05) is 10.6 Å². The van der Waals surface area contributed by atoms with Gasteiger partial charge in [-0.15, -0.1) is 0 Å². The summed E-state index contributed by atoms with van der Waals surface area (Å²) in [5, 5.41) is 5.80. The van der Waals surface area contributed by atoms with E-state index in [2.05, 4.69) is 24.5 Å². The normalized spacial score (nSPS) is 13.6. The van der Waals surface area contributed by atoms with Gasteiger partial charge >= 0.3 is 0 Å². The molecule has 3 amide bonds. The quantitative estimate of drug-likeness (QED) is 0.413. The SMILES string of the molecule is Cc1ccc(C(=O)Nc2ccccc2C(C)C)cc1NC1=C(Cl)C(=O)N(Cc2ccccc2)C1=O. The predicted octanol–water partition coefficient (Wildman–Crippen LogP) is 5.80. The first kappa shape index (κ1) is 24.2. The number of imide groups is 1. The minimum absolute atomic E-state index is 0.00147. The lowest BCUT2D eigenvalue weighted by atomic mass is 10.0. The maximum atomic E-state index is 13.0. The standard InChI is InChI=1S/C28H26ClN3O3/c1-17(2)21-11-7-8-12-22(21)31-26(33)20-14-13-18(3)23(15-20)30-25-24(29)27(34)32(28(25)35)16-19-9-5-4-6-10-19/h4-15,17,30H,16H2,1-3H3,(H,31,33). The van der Waals surface area contributed by atoms with E-state index in [9.17, 15) is 14.4 Å². The third kappa shape index (κ3) is 5.12. The van der Waals surface area contributed by atoms with Crippen molar-refractivity contribution in [3.05, 3.63) is 106 Å². The number of hydrogen-bond acceptors (Lipinski definition) is 4. The minimum Gasteiger partial charge on any atom is -0.349 e. The lowest BCUT2D eigenvalue weighted by molar-refractivity contribution is -0.138. The Bertz CT molecular complexity index is 1330. The highest BCUT2D eigenvalue weighted by atomic mass is 35.5. The van der Waals surface area contributed by atoms with Gasteiger partial charge in [0.1, 0.15) is 10.7 Å². The Labute approximate surface area is 209 Å². The number of para-hydroxylation sites is 1. The average molecular weight is 488 g/mol. The number of anilines is 2. The Kier molecular flexibility index (Phi) is 7.03. The average Bonchev–Trinajstić information content (AvgIpc) is 3.04. The molecule has 1 aliphatic heterocycles. The Morgan fingerprint density at radius 2 is 1.60 bits per heavy atom. The topological polar surface area (TPSA) is 78.5 Å². The van der Waals surface area contributed by atoms with Gasteiger partial charge < -0.3 is 10.6 Å². The molecule has 0 atom stereocenters. The van der Waals surface area contributed by atoms with Crippen LogP contribution in [0.25, 0.3) is 0 Å². The van der Waals surface area contributed by atoms with Crippen molar-refractivity contribution in [3.63, 3.8) is 0 Å². The lowest BCUT2D eigenvalue weighted by Crippen LogP contribution is -2.31. The van der Waals surface area contributed by atoms with Gasteiger partial charge in [0, 0.05) is 16.9 Å². The van der Waals surface area contributed by atoms with Crippen LogP contribution in [0.3, 0.4) is 0 Å². The second-order valence-corrected chi connectivity index (χ2v) is 9.10. The van der Waals surface area contributed by atoms with Gasteiger partial charge in [-0.2, -0.15) is 0 Å². The fourth-order valence-corrected chi connectivity index (χ4v) is 4.14. The van der Waals surface area contributed by atoms with E-state index in [1.54, 1.807) is 18.2 Å². The molecule has 178 valence electrons. The van der Waals surface area contributed by atoms with Crippen molar-refractivity contribution in [2.24, 2.45) is 0 Å². The molecule has 6 nitrogen and oxygen atoms in total. The zero-order valence-electron chi connectivity index (χ0n) is 19.8. The zero-order chi connectivity index (χ0) is 25.1. The molecular weight excluding hydrogens is 462 g/mol. The number of nitrogens with one attached hydrogen (secondary N) is 2. The van der Waals surface area contributed by atoms with Gasteiger partial charge in [0.05, 0.1) is 6.54 Å². The molecule has 0 radical (unpaired) electrons. The van der Waals surface area contributed by atoms with Crippen LogP contribution in [0, 0.1) is 6.92 Å². The number of carbonyl (C=O) groups is 3. The number of rotatable bonds is 7. The zero-order valence-corrected chi connectivity index (χ0v) is 20.5. The monoisotopic (exact) mass is 487 g/mol. The molecule has 3 aromatic carbocycles. The van der Waals surface area contributed by atoms with Crippen LogP contribution in [0.15, 0.2) is 83.5 Å². The first-order valence-electron chi connectivity index (χ1n) is 11.3. The molecule has 4 rings (SSSR count). The molecule has 1 aliphatic rings. The maximum absolute atomic E-state index is 13.0. The number of hydrogen-bond donors (Lipinski definition) is 2. The Balaban J connectivity index is 1.55. The van der Waals surface area contributed by atoms with Crippen molar-refractivity contribution in [3.8, 4) is 0 Å². The van der Waals surface area contributed by atoms with Gasteiger partial charge in [-0.1, -0.05) is 80.0 Å². The van der Waals surface area contributed by atoms with E-state index in [0.717, 1.165) is 27.3 Å². The summed E-state index contributed by atoms with van der Waals surface area (Å²) in [4.78, 5) is 39.8. The van der Waals surface area contributed by atoms with Crippen LogP contribution in [-0.4, -0.2) is 22.6 Å². The number of nitrogens with zero attached hydrogens (tertiary/aromatic N) is 1. The third-order valence-electron chi connectivity index (χ3n) is 5.89. The summed E-state index contributed by atoms with van der Waals surface area (Å²) in [5.74, 6) is -1.09. The fourth-order valence-electron chi connectivity index (χ4n) is 3.91. The van der Waals surface area contributed by atoms with Crippen molar-refractivity contribution >= 4 is 40.7 Å². The smallest absolute Gasteiger partial charge is 0.279 e. The second kappa shape index (κ2) is 10.2. The Morgan fingerprint density at radius 3 is 2.31 bits per heavy atom. The summed E-state index contributed by atoms with van der Waals surface area (Å²) in [6, 6.07) is 22.0.